The Kier molecular flexibility index (Phi) is 6.62. The van der Waals surface area contributed by atoms with E-state index in [-0.39, 0.29) is 24.0 Å². The highest BCUT2D eigenvalue weighted by molar-refractivity contribution is 6.76. The van der Waals surface area contributed by atoms with Crippen molar-refractivity contribution >= 4 is 13.8 Å². The van der Waals surface area contributed by atoms with Gasteiger partial charge in [-0.3, -0.25) is 4.48 Å². The van der Waals surface area contributed by atoms with Crippen LogP contribution in [0.2, 0.25) is 19.6 Å². The summed E-state index contributed by atoms with van der Waals surface area (Å²) in [6.07, 6.45) is 1.26. The van der Waals surface area contributed by atoms with E-state index in [9.17, 15) is 0 Å². The maximum absolute atomic E-state index is 2.46. The van der Waals surface area contributed by atoms with Gasteiger partial charge in [0, 0.05) is 5.56 Å². The van der Waals surface area contributed by atoms with Crippen molar-refractivity contribution < 1.29 is 24.0 Å². The summed E-state index contributed by atoms with van der Waals surface area (Å²) < 4.78 is 1.00. The molecule has 0 aliphatic rings. The minimum atomic E-state index is -1.16. The summed E-state index contributed by atoms with van der Waals surface area (Å²) in [5.74, 6) is 0. The first-order chi connectivity index (χ1) is 9.39. The molecule has 1 atom stereocenters. The van der Waals surface area contributed by atoms with Crippen molar-refractivity contribution in [2.24, 2.45) is 0 Å². The molecule has 0 amide bonds. The van der Waals surface area contributed by atoms with Gasteiger partial charge in [0.25, 0.3) is 0 Å². The van der Waals surface area contributed by atoms with Crippen LogP contribution in [0, 0.1) is 0 Å². The number of rotatable bonds is 5. The van der Waals surface area contributed by atoms with Gasteiger partial charge in [-0.2, -0.15) is 0 Å². The zero-order chi connectivity index (χ0) is 14.6. The normalized spacial score (nSPS) is 14.1. The molecule has 0 heterocycles. The van der Waals surface area contributed by atoms with E-state index in [4.69, 9.17) is 0 Å². The van der Waals surface area contributed by atoms with E-state index in [1.165, 1.54) is 17.4 Å². The first kappa shape index (κ1) is 18.4. The molecular formula is C18H26INSi. The van der Waals surface area contributed by atoms with Gasteiger partial charge in [-0.15, -0.1) is 0 Å². The van der Waals surface area contributed by atoms with Crippen molar-refractivity contribution in [2.75, 3.05) is 13.2 Å². The standard InChI is InChI=1S/C18H26NSi.HI/c1-19(16-20(2,3)4,18-13-9-6-10-14-18)15-17-11-7-5-8-12-17;/h5-14H,15-16H2,1-4H3;1H/q+1;/p-1. The van der Waals surface area contributed by atoms with Crippen molar-refractivity contribution in [1.82, 2.24) is 4.48 Å². The highest BCUT2D eigenvalue weighted by Crippen LogP contribution is 2.26. The van der Waals surface area contributed by atoms with E-state index in [2.05, 4.69) is 87.4 Å². The van der Waals surface area contributed by atoms with Gasteiger partial charge in [0.15, 0.2) is 0 Å². The molecule has 0 saturated heterocycles. The number of hydrogen-bond acceptors (Lipinski definition) is 0. The lowest BCUT2D eigenvalue weighted by Gasteiger charge is -2.38. The van der Waals surface area contributed by atoms with Gasteiger partial charge in [-0.05, 0) is 12.1 Å². The summed E-state index contributed by atoms with van der Waals surface area (Å²) >= 11 is 0. The van der Waals surface area contributed by atoms with Gasteiger partial charge in [0.05, 0.1) is 13.2 Å². The molecule has 2 rings (SSSR count). The van der Waals surface area contributed by atoms with Crippen LogP contribution in [0.3, 0.4) is 0 Å². The molecule has 0 saturated carbocycles. The van der Waals surface area contributed by atoms with E-state index < -0.39 is 8.07 Å². The summed E-state index contributed by atoms with van der Waals surface area (Å²) in [4.78, 5) is 0. The molecule has 0 bridgehead atoms. The van der Waals surface area contributed by atoms with Crippen LogP contribution in [-0.2, 0) is 6.54 Å². The Morgan fingerprint density at radius 1 is 0.810 bits per heavy atom. The third-order valence-electron chi connectivity index (χ3n) is 3.58. The van der Waals surface area contributed by atoms with E-state index >= 15 is 0 Å². The fourth-order valence-corrected chi connectivity index (χ4v) is 5.45. The fourth-order valence-electron chi connectivity index (χ4n) is 3.06. The smallest absolute Gasteiger partial charge is 0.132 e. The minimum absolute atomic E-state index is 0. The van der Waals surface area contributed by atoms with Crippen LogP contribution in [0.25, 0.3) is 0 Å². The molecule has 0 N–H and O–H groups in total. The number of benzene rings is 2. The second-order valence-electron chi connectivity index (χ2n) is 7.09. The Hall–Kier alpha value is -0.653. The number of hydrogen-bond donors (Lipinski definition) is 0. The predicted octanol–water partition coefficient (Wildman–Crippen LogP) is 1.71. The lowest BCUT2D eigenvalue weighted by Crippen LogP contribution is -3.00. The molecule has 0 fully saturated rings. The maximum atomic E-state index is 2.46. The quantitative estimate of drug-likeness (QED) is 0.399. The summed E-state index contributed by atoms with van der Waals surface area (Å²) in [7, 11) is 1.22. The molecule has 0 aromatic heterocycles. The van der Waals surface area contributed by atoms with E-state index in [1.807, 2.05) is 0 Å². The van der Waals surface area contributed by atoms with Gasteiger partial charge in [-0.1, -0.05) is 68.2 Å². The maximum Gasteiger partial charge on any atom is 0.132 e. The van der Waals surface area contributed by atoms with E-state index in [0.717, 1.165) is 11.0 Å². The summed E-state index contributed by atoms with van der Waals surface area (Å²) in [5, 5.41) is 0. The lowest BCUT2D eigenvalue weighted by atomic mass is 10.1. The summed E-state index contributed by atoms with van der Waals surface area (Å²) in [6, 6.07) is 21.8. The third kappa shape index (κ3) is 5.56. The summed E-state index contributed by atoms with van der Waals surface area (Å²) in [6.45, 7) is 8.43. The molecule has 2 aromatic rings. The van der Waals surface area contributed by atoms with Gasteiger partial charge in [0.1, 0.15) is 20.3 Å². The van der Waals surface area contributed by atoms with Crippen LogP contribution < -0.4 is 28.5 Å². The molecule has 0 radical (unpaired) electrons. The molecule has 0 spiro atoms. The molecule has 21 heavy (non-hydrogen) atoms. The van der Waals surface area contributed by atoms with Crippen molar-refractivity contribution in [3.63, 3.8) is 0 Å². The number of quaternary nitrogens is 1. The van der Waals surface area contributed by atoms with Crippen LogP contribution in [0.15, 0.2) is 60.7 Å². The average Bonchev–Trinajstić information content (AvgIpc) is 2.39. The Bertz CT molecular complexity index is 536. The third-order valence-corrected chi connectivity index (χ3v) is 5.22. The van der Waals surface area contributed by atoms with Crippen molar-refractivity contribution in [3.05, 3.63) is 66.2 Å². The fraction of sp³-hybridized carbons (Fsp3) is 0.333. The topological polar surface area (TPSA) is 0 Å². The number of nitrogens with zero attached hydrogens (tertiary/aromatic N) is 1. The average molecular weight is 411 g/mol. The molecule has 1 nitrogen and oxygen atoms in total. The number of halogens is 1. The Labute approximate surface area is 147 Å². The van der Waals surface area contributed by atoms with Crippen LogP contribution in [0.5, 0.6) is 0 Å². The van der Waals surface area contributed by atoms with E-state index in [1.54, 1.807) is 0 Å². The Morgan fingerprint density at radius 2 is 1.29 bits per heavy atom. The molecule has 1 unspecified atom stereocenters. The van der Waals surface area contributed by atoms with Crippen molar-refractivity contribution in [2.45, 2.75) is 26.2 Å². The van der Waals surface area contributed by atoms with Gasteiger partial charge in [-0.25, -0.2) is 0 Å². The summed E-state index contributed by atoms with van der Waals surface area (Å²) in [5.41, 5.74) is 2.83. The Balaban J connectivity index is 0.00000220. The molecule has 114 valence electrons. The SMILES string of the molecule is C[N+](Cc1ccccc1)(C[Si](C)(C)C)c1ccccc1.[I-]. The first-order valence-electron chi connectivity index (χ1n) is 7.33. The predicted molar refractivity (Wildman–Crippen MR) is 92.5 cm³/mol. The van der Waals surface area contributed by atoms with Gasteiger partial charge in [0.2, 0.25) is 0 Å². The zero-order valence-corrected chi connectivity index (χ0v) is 16.7. The largest absolute Gasteiger partial charge is 1.00 e. The lowest BCUT2D eigenvalue weighted by molar-refractivity contribution is -0.00000470. The van der Waals surface area contributed by atoms with Gasteiger partial charge < -0.3 is 24.0 Å². The molecular weight excluding hydrogens is 385 g/mol. The molecule has 0 aliphatic heterocycles. The highest BCUT2D eigenvalue weighted by atomic mass is 127. The second kappa shape index (κ2) is 7.56. The van der Waals surface area contributed by atoms with Crippen LogP contribution in [-0.4, -0.2) is 21.3 Å². The zero-order valence-electron chi connectivity index (χ0n) is 13.5. The van der Waals surface area contributed by atoms with Crippen LogP contribution in [0.1, 0.15) is 5.56 Å². The van der Waals surface area contributed by atoms with Crippen LogP contribution in [0.4, 0.5) is 5.69 Å². The minimum Gasteiger partial charge on any atom is -1.00 e. The van der Waals surface area contributed by atoms with Crippen molar-refractivity contribution in [1.29, 1.82) is 0 Å². The van der Waals surface area contributed by atoms with Gasteiger partial charge >= 0.3 is 0 Å². The second-order valence-corrected chi connectivity index (χ2v) is 12.5. The number of para-hydroxylation sites is 1. The molecule has 2 aromatic carbocycles. The van der Waals surface area contributed by atoms with Crippen molar-refractivity contribution in [3.8, 4) is 0 Å². The first-order valence-corrected chi connectivity index (χ1v) is 11.0. The van der Waals surface area contributed by atoms with Crippen LogP contribution >= 0.6 is 0 Å². The molecule has 0 aliphatic carbocycles. The Morgan fingerprint density at radius 3 is 1.76 bits per heavy atom. The molecule has 3 heteroatoms. The van der Waals surface area contributed by atoms with E-state index in [0.29, 0.717) is 0 Å². The highest BCUT2D eigenvalue weighted by Gasteiger charge is 2.32. The monoisotopic (exact) mass is 411 g/mol.